The SMILES string of the molecule is CCCCCCCCCCCCCCCCCCCCCCCCC(=O)O[C@H](COC(=O)CCCCCCCCCCCCCCCCCCCC)COP(=O)(O)OC[C@@H](O)COP(=O)(O)OC[C@@H](COC(=O)CCCCCCC)OC(=O)CCCCCCCCCCCCCCCCCCC. The molecule has 19 heteroatoms. The molecule has 17 nitrogen and oxygen atoms in total. The maximum Gasteiger partial charge on any atom is 0.472 e. The summed E-state index contributed by atoms with van der Waals surface area (Å²) in [4.78, 5) is 72.8. The third-order valence-electron chi connectivity index (χ3n) is 19.6. The van der Waals surface area contributed by atoms with Crippen LogP contribution < -0.4 is 0 Å². The minimum absolute atomic E-state index is 0.108. The first-order valence-corrected chi connectivity index (χ1v) is 46.3. The second-order valence-electron chi connectivity index (χ2n) is 29.9. The number of ether oxygens (including phenoxy) is 4. The minimum atomic E-state index is -4.96. The Morgan fingerprint density at radius 2 is 0.392 bits per heavy atom. The molecule has 0 aliphatic carbocycles. The maximum absolute atomic E-state index is 13.1. The monoisotopic (exact) mass is 1490 g/mol. The van der Waals surface area contributed by atoms with E-state index in [1.54, 1.807) is 0 Å². The summed E-state index contributed by atoms with van der Waals surface area (Å²) in [6, 6.07) is 0. The van der Waals surface area contributed by atoms with Gasteiger partial charge in [0.05, 0.1) is 26.4 Å². The van der Waals surface area contributed by atoms with Gasteiger partial charge in [0.25, 0.3) is 0 Å². The molecule has 0 spiro atoms. The van der Waals surface area contributed by atoms with E-state index in [4.69, 9.17) is 37.0 Å². The number of carbonyl (C=O) groups is 4. The molecule has 0 heterocycles. The molecule has 0 rings (SSSR count). The highest BCUT2D eigenvalue weighted by Gasteiger charge is 2.30. The summed E-state index contributed by atoms with van der Waals surface area (Å²) in [7, 11) is -9.91. The van der Waals surface area contributed by atoms with Gasteiger partial charge in [-0.3, -0.25) is 37.3 Å². The molecular formula is C83H162O17P2. The Kier molecular flexibility index (Phi) is 75.8. The van der Waals surface area contributed by atoms with Crippen molar-refractivity contribution in [2.24, 2.45) is 0 Å². The van der Waals surface area contributed by atoms with E-state index >= 15 is 0 Å². The molecule has 0 fully saturated rings. The van der Waals surface area contributed by atoms with Crippen LogP contribution in [0.2, 0.25) is 0 Å². The van der Waals surface area contributed by atoms with Crippen molar-refractivity contribution < 1.29 is 80.2 Å². The number of esters is 4. The van der Waals surface area contributed by atoms with Crippen molar-refractivity contribution in [1.29, 1.82) is 0 Å². The second kappa shape index (κ2) is 77.2. The van der Waals surface area contributed by atoms with Crippen LogP contribution in [0.4, 0.5) is 0 Å². The lowest BCUT2D eigenvalue weighted by Crippen LogP contribution is -2.30. The van der Waals surface area contributed by atoms with Crippen LogP contribution in [0.25, 0.3) is 0 Å². The molecule has 0 bridgehead atoms. The summed E-state index contributed by atoms with van der Waals surface area (Å²) >= 11 is 0. The lowest BCUT2D eigenvalue weighted by molar-refractivity contribution is -0.161. The molecule has 5 atom stereocenters. The van der Waals surface area contributed by atoms with Crippen molar-refractivity contribution in [2.45, 2.75) is 470 Å². The topological polar surface area (TPSA) is 237 Å². The fourth-order valence-corrected chi connectivity index (χ4v) is 14.6. The van der Waals surface area contributed by atoms with Gasteiger partial charge in [0.1, 0.15) is 19.3 Å². The van der Waals surface area contributed by atoms with Crippen LogP contribution >= 0.6 is 15.6 Å². The van der Waals surface area contributed by atoms with Crippen LogP contribution in [-0.4, -0.2) is 96.7 Å². The molecule has 0 aromatic heterocycles. The number of phosphoric ester groups is 2. The van der Waals surface area contributed by atoms with E-state index < -0.39 is 97.5 Å². The van der Waals surface area contributed by atoms with Crippen molar-refractivity contribution in [3.63, 3.8) is 0 Å². The molecule has 0 aliphatic rings. The smallest absolute Gasteiger partial charge is 0.462 e. The predicted octanol–water partition coefficient (Wildman–Crippen LogP) is 25.4. The van der Waals surface area contributed by atoms with Gasteiger partial charge < -0.3 is 33.8 Å². The summed E-state index contributed by atoms with van der Waals surface area (Å²) < 4.78 is 68.5. The minimum Gasteiger partial charge on any atom is -0.462 e. The largest absolute Gasteiger partial charge is 0.472 e. The van der Waals surface area contributed by atoms with Gasteiger partial charge >= 0.3 is 39.5 Å². The van der Waals surface area contributed by atoms with Crippen molar-refractivity contribution in [3.8, 4) is 0 Å². The van der Waals surface area contributed by atoms with Gasteiger partial charge in [-0.05, 0) is 25.7 Å². The van der Waals surface area contributed by atoms with E-state index in [0.29, 0.717) is 25.7 Å². The lowest BCUT2D eigenvalue weighted by atomic mass is 10.0. The molecule has 0 saturated carbocycles. The number of hydrogen-bond donors (Lipinski definition) is 3. The zero-order chi connectivity index (χ0) is 74.6. The highest BCUT2D eigenvalue weighted by Crippen LogP contribution is 2.45. The van der Waals surface area contributed by atoms with Crippen LogP contribution in [0, 0.1) is 0 Å². The van der Waals surface area contributed by atoms with Gasteiger partial charge in [-0.1, -0.05) is 400 Å². The summed E-state index contributed by atoms with van der Waals surface area (Å²) in [5.74, 6) is -2.11. The molecule has 0 amide bonds. The normalized spacial score (nSPS) is 13.8. The van der Waals surface area contributed by atoms with Gasteiger partial charge in [-0.15, -0.1) is 0 Å². The number of aliphatic hydroxyl groups is 1. The van der Waals surface area contributed by atoms with Crippen LogP contribution in [0.3, 0.4) is 0 Å². The summed E-state index contributed by atoms with van der Waals surface area (Å²) in [5, 5.41) is 10.6. The standard InChI is InChI=1S/C83H162O17P2/c1-5-9-13-17-20-23-26-29-32-35-37-38-39-40-43-46-49-52-55-58-62-66-70-83(88)100-79(74-94-81(86)68-64-60-56-53-50-47-44-42-36-33-30-27-24-21-18-14-10-6-2)76-98-102(91,92)96-72-77(84)71-95-101(89,90)97-75-78(73-93-80(85)67-63-59-16-12-8-4)99-82(87)69-65-61-57-54-51-48-45-41-34-31-28-25-22-19-15-11-7-3/h77-79,84H,5-76H2,1-4H3,(H,89,90)(H,91,92)/t77-,78+,79+/m0/s1. The second-order valence-corrected chi connectivity index (χ2v) is 32.8. The van der Waals surface area contributed by atoms with Crippen molar-refractivity contribution >= 4 is 39.5 Å². The summed E-state index contributed by atoms with van der Waals surface area (Å²) in [5.41, 5.74) is 0. The first kappa shape index (κ1) is 100. The number of carbonyl (C=O) groups excluding carboxylic acids is 4. The molecule has 102 heavy (non-hydrogen) atoms. The number of phosphoric acid groups is 2. The van der Waals surface area contributed by atoms with Gasteiger partial charge in [-0.2, -0.15) is 0 Å². The third kappa shape index (κ3) is 76.3. The quantitative estimate of drug-likeness (QED) is 0.0222. The lowest BCUT2D eigenvalue weighted by Gasteiger charge is -2.21. The molecule has 0 aromatic rings. The van der Waals surface area contributed by atoms with E-state index in [9.17, 15) is 43.2 Å². The van der Waals surface area contributed by atoms with E-state index in [0.717, 1.165) is 96.3 Å². The Morgan fingerprint density at radius 3 is 0.578 bits per heavy atom. The molecular weight excluding hydrogens is 1330 g/mol. The maximum atomic E-state index is 13.1. The first-order chi connectivity index (χ1) is 49.7. The van der Waals surface area contributed by atoms with Gasteiger partial charge in [0.2, 0.25) is 0 Å². The fourth-order valence-electron chi connectivity index (χ4n) is 13.0. The van der Waals surface area contributed by atoms with Gasteiger partial charge in [0, 0.05) is 25.7 Å². The van der Waals surface area contributed by atoms with Crippen molar-refractivity contribution in [1.82, 2.24) is 0 Å². The Bertz CT molecular complexity index is 1930. The molecule has 0 saturated heterocycles. The zero-order valence-corrected chi connectivity index (χ0v) is 68.4. The predicted molar refractivity (Wildman–Crippen MR) is 419 cm³/mol. The van der Waals surface area contributed by atoms with E-state index in [-0.39, 0.29) is 25.7 Å². The summed E-state index contributed by atoms with van der Waals surface area (Å²) in [6.45, 7) is 4.95. The van der Waals surface area contributed by atoms with E-state index in [2.05, 4.69) is 27.7 Å². The fraction of sp³-hybridized carbons (Fsp3) is 0.952. The zero-order valence-electron chi connectivity index (χ0n) is 66.6. The highest BCUT2D eigenvalue weighted by atomic mass is 31.2. The molecule has 0 radical (unpaired) electrons. The van der Waals surface area contributed by atoms with E-state index in [1.807, 2.05) is 0 Å². The van der Waals surface area contributed by atoms with Crippen molar-refractivity contribution in [2.75, 3.05) is 39.6 Å². The average Bonchev–Trinajstić information content (AvgIpc) is 0.923. The Labute approximate surface area is 626 Å². The molecule has 2 unspecified atom stereocenters. The average molecular weight is 1490 g/mol. The van der Waals surface area contributed by atoms with Crippen molar-refractivity contribution in [3.05, 3.63) is 0 Å². The molecule has 3 N–H and O–H groups in total. The highest BCUT2D eigenvalue weighted by molar-refractivity contribution is 7.47. The van der Waals surface area contributed by atoms with Crippen LogP contribution in [0.15, 0.2) is 0 Å². The molecule has 0 aliphatic heterocycles. The summed E-state index contributed by atoms with van der Waals surface area (Å²) in [6.07, 6.45) is 71.4. The van der Waals surface area contributed by atoms with Crippen LogP contribution in [0.1, 0.15) is 451 Å². The van der Waals surface area contributed by atoms with Crippen LogP contribution in [0.5, 0.6) is 0 Å². The number of rotatable bonds is 84. The van der Waals surface area contributed by atoms with E-state index in [1.165, 1.54) is 276 Å². The van der Waals surface area contributed by atoms with Gasteiger partial charge in [0.15, 0.2) is 12.2 Å². The molecule has 0 aromatic carbocycles. The number of unbranched alkanes of at least 4 members (excludes halogenated alkanes) is 58. The van der Waals surface area contributed by atoms with Gasteiger partial charge in [-0.25, -0.2) is 9.13 Å². The number of hydrogen-bond acceptors (Lipinski definition) is 15. The first-order valence-electron chi connectivity index (χ1n) is 43.3. The number of aliphatic hydroxyl groups excluding tert-OH is 1. The van der Waals surface area contributed by atoms with Crippen LogP contribution in [-0.2, 0) is 65.4 Å². The Hall–Kier alpha value is -1.94. The Morgan fingerprint density at radius 1 is 0.235 bits per heavy atom. The molecule has 606 valence electrons. The third-order valence-corrected chi connectivity index (χ3v) is 21.5. The Balaban J connectivity index is 5.10.